The molecule has 2 aromatic rings. The molecule has 4 aliphatic heterocycles. The number of methoxy groups -OCH3 is 1. The third kappa shape index (κ3) is 4.26. The van der Waals surface area contributed by atoms with Crippen molar-refractivity contribution in [3.05, 3.63) is 47.8 Å². The second-order valence-corrected chi connectivity index (χ2v) is 10.0. The SMILES string of the molecule is COc1cc(F)ccc1-c1ccc2c(c1)OCC(C)(C)C2NC(=O)O[C@H]1CN2CCC1CC2. The summed E-state index contributed by atoms with van der Waals surface area (Å²) in [4.78, 5) is 15.3. The number of nitrogens with one attached hydrogen (secondary N) is 1. The van der Waals surface area contributed by atoms with Crippen LogP contribution in [0.5, 0.6) is 11.5 Å². The number of nitrogens with zero attached hydrogens (tertiary/aromatic N) is 1. The van der Waals surface area contributed by atoms with Crippen LogP contribution in [0.2, 0.25) is 0 Å². The lowest BCUT2D eigenvalue weighted by atomic mass is 9.78. The van der Waals surface area contributed by atoms with E-state index in [1.54, 1.807) is 6.07 Å². The molecule has 2 bridgehead atoms. The molecule has 1 amide bonds. The van der Waals surface area contributed by atoms with Gasteiger partial charge >= 0.3 is 6.09 Å². The molecular weight excluding hydrogens is 423 g/mol. The highest BCUT2D eigenvalue weighted by Crippen LogP contribution is 2.45. The van der Waals surface area contributed by atoms with Crippen molar-refractivity contribution in [2.75, 3.05) is 33.4 Å². The number of hydrogen-bond acceptors (Lipinski definition) is 5. The van der Waals surface area contributed by atoms with Crippen molar-refractivity contribution in [3.63, 3.8) is 0 Å². The molecule has 3 saturated heterocycles. The van der Waals surface area contributed by atoms with Crippen molar-refractivity contribution in [2.24, 2.45) is 11.3 Å². The summed E-state index contributed by atoms with van der Waals surface area (Å²) in [6.45, 7) is 7.64. The van der Waals surface area contributed by atoms with Gasteiger partial charge in [-0.3, -0.25) is 4.90 Å². The molecule has 6 nitrogen and oxygen atoms in total. The minimum Gasteiger partial charge on any atom is -0.496 e. The first kappa shape index (κ1) is 22.0. The van der Waals surface area contributed by atoms with Crippen molar-refractivity contribution in [2.45, 2.75) is 38.8 Å². The Kier molecular flexibility index (Phi) is 5.69. The summed E-state index contributed by atoms with van der Waals surface area (Å²) < 4.78 is 31.0. The number of carbonyl (C=O) groups excluding carboxylic acids is 1. The number of alkyl carbamates (subject to hydrolysis) is 1. The third-order valence-electron chi connectivity index (χ3n) is 7.30. The molecular formula is C26H31FN2O4. The van der Waals surface area contributed by atoms with Crippen LogP contribution < -0.4 is 14.8 Å². The van der Waals surface area contributed by atoms with E-state index in [2.05, 4.69) is 24.1 Å². The molecule has 1 unspecified atom stereocenters. The van der Waals surface area contributed by atoms with E-state index in [-0.39, 0.29) is 29.5 Å². The van der Waals surface area contributed by atoms with Crippen LogP contribution in [0.15, 0.2) is 36.4 Å². The molecule has 2 atom stereocenters. The Hall–Kier alpha value is -2.80. The molecule has 7 heteroatoms. The Morgan fingerprint density at radius 2 is 1.97 bits per heavy atom. The summed E-state index contributed by atoms with van der Waals surface area (Å²) in [5, 5.41) is 3.13. The highest BCUT2D eigenvalue weighted by molar-refractivity contribution is 5.73. The maximum atomic E-state index is 13.6. The zero-order valence-corrected chi connectivity index (χ0v) is 19.4. The van der Waals surface area contributed by atoms with Gasteiger partial charge in [0, 0.05) is 29.2 Å². The zero-order valence-electron chi connectivity index (χ0n) is 19.4. The van der Waals surface area contributed by atoms with Gasteiger partial charge in [-0.2, -0.15) is 0 Å². The van der Waals surface area contributed by atoms with E-state index in [0.29, 0.717) is 24.0 Å². The Bertz CT molecular complexity index is 1050. The maximum absolute atomic E-state index is 13.6. The number of fused-ring (bicyclic) bond motifs is 4. The fraction of sp³-hybridized carbons (Fsp3) is 0.500. The van der Waals surface area contributed by atoms with Crippen molar-refractivity contribution >= 4 is 6.09 Å². The van der Waals surface area contributed by atoms with Crippen molar-refractivity contribution in [1.29, 1.82) is 0 Å². The molecule has 0 spiro atoms. The van der Waals surface area contributed by atoms with E-state index in [4.69, 9.17) is 14.2 Å². The summed E-state index contributed by atoms with van der Waals surface area (Å²) in [5.41, 5.74) is 2.23. The standard InChI is InChI=1S/C26H31FN2O4/c1-26(2)15-32-22-12-17(19-7-5-18(27)13-21(19)31-3)4-6-20(22)24(26)28-25(30)33-23-14-29-10-8-16(23)9-11-29/h4-7,12-13,16,23-24H,8-11,14-15H2,1-3H3,(H,28,30)/t23-,24?/m0/s1. The van der Waals surface area contributed by atoms with Crippen LogP contribution in [0.25, 0.3) is 11.1 Å². The van der Waals surface area contributed by atoms with Gasteiger partial charge in [0.25, 0.3) is 0 Å². The summed E-state index contributed by atoms with van der Waals surface area (Å²) in [6, 6.07) is 10.1. The molecule has 33 heavy (non-hydrogen) atoms. The predicted molar refractivity (Wildman–Crippen MR) is 123 cm³/mol. The van der Waals surface area contributed by atoms with E-state index in [0.717, 1.165) is 49.2 Å². The summed E-state index contributed by atoms with van der Waals surface area (Å²) >= 11 is 0. The van der Waals surface area contributed by atoms with Crippen LogP contribution in [0.3, 0.4) is 0 Å². The fourth-order valence-electron chi connectivity index (χ4n) is 5.34. The second kappa shape index (κ2) is 8.52. The molecule has 3 fully saturated rings. The van der Waals surface area contributed by atoms with Crippen molar-refractivity contribution in [1.82, 2.24) is 10.2 Å². The molecule has 1 N–H and O–H groups in total. The van der Waals surface area contributed by atoms with Gasteiger partial charge in [-0.15, -0.1) is 0 Å². The van der Waals surface area contributed by atoms with Gasteiger partial charge < -0.3 is 19.5 Å². The smallest absolute Gasteiger partial charge is 0.407 e. The first-order chi connectivity index (χ1) is 15.8. The minimum atomic E-state index is -0.371. The number of ether oxygens (including phenoxy) is 3. The van der Waals surface area contributed by atoms with E-state index >= 15 is 0 Å². The largest absolute Gasteiger partial charge is 0.496 e. The molecule has 2 aromatic carbocycles. The minimum absolute atomic E-state index is 0.0387. The first-order valence-corrected chi connectivity index (χ1v) is 11.6. The van der Waals surface area contributed by atoms with E-state index in [1.807, 2.05) is 18.2 Å². The lowest BCUT2D eigenvalue weighted by Gasteiger charge is -2.44. The Morgan fingerprint density at radius 3 is 2.67 bits per heavy atom. The van der Waals surface area contributed by atoms with Crippen LogP contribution in [0.4, 0.5) is 9.18 Å². The van der Waals surface area contributed by atoms with Crippen molar-refractivity contribution in [3.8, 4) is 22.6 Å². The highest BCUT2D eigenvalue weighted by atomic mass is 19.1. The number of benzene rings is 2. The van der Waals surface area contributed by atoms with Crippen molar-refractivity contribution < 1.29 is 23.4 Å². The van der Waals surface area contributed by atoms with Gasteiger partial charge in [-0.05, 0) is 55.6 Å². The van der Waals surface area contributed by atoms with Gasteiger partial charge in [-0.1, -0.05) is 26.0 Å². The Morgan fingerprint density at radius 1 is 1.18 bits per heavy atom. The van der Waals surface area contributed by atoms with Gasteiger partial charge in [0.2, 0.25) is 0 Å². The molecule has 4 aliphatic rings. The van der Waals surface area contributed by atoms with Gasteiger partial charge in [0.1, 0.15) is 23.4 Å². The lowest BCUT2D eigenvalue weighted by molar-refractivity contribution is -0.0361. The van der Waals surface area contributed by atoms with Crippen LogP contribution in [0, 0.1) is 17.2 Å². The fourth-order valence-corrected chi connectivity index (χ4v) is 5.34. The predicted octanol–water partition coefficient (Wildman–Crippen LogP) is 4.78. The molecule has 0 aliphatic carbocycles. The average molecular weight is 455 g/mol. The zero-order chi connectivity index (χ0) is 23.2. The quantitative estimate of drug-likeness (QED) is 0.721. The summed E-state index contributed by atoms with van der Waals surface area (Å²) in [6.07, 6.45) is 1.78. The molecule has 6 rings (SSSR count). The van der Waals surface area contributed by atoms with Crippen LogP contribution in [-0.2, 0) is 4.74 Å². The number of rotatable bonds is 4. The topological polar surface area (TPSA) is 60.0 Å². The molecule has 0 aromatic heterocycles. The lowest BCUT2D eigenvalue weighted by Crippen LogP contribution is -2.53. The van der Waals surface area contributed by atoms with Gasteiger partial charge in [0.15, 0.2) is 0 Å². The third-order valence-corrected chi connectivity index (χ3v) is 7.30. The normalized spacial score (nSPS) is 27.3. The average Bonchev–Trinajstić information content (AvgIpc) is 2.81. The van der Waals surface area contributed by atoms with Crippen LogP contribution in [0.1, 0.15) is 38.3 Å². The molecule has 176 valence electrons. The van der Waals surface area contributed by atoms with Crippen LogP contribution >= 0.6 is 0 Å². The van der Waals surface area contributed by atoms with E-state index in [9.17, 15) is 9.18 Å². The summed E-state index contributed by atoms with van der Waals surface area (Å²) in [7, 11) is 1.52. The van der Waals surface area contributed by atoms with E-state index < -0.39 is 0 Å². The number of carbonyl (C=O) groups is 1. The maximum Gasteiger partial charge on any atom is 0.407 e. The first-order valence-electron chi connectivity index (χ1n) is 11.6. The van der Waals surface area contributed by atoms with Crippen LogP contribution in [-0.4, -0.2) is 50.4 Å². The highest BCUT2D eigenvalue weighted by Gasteiger charge is 2.41. The van der Waals surface area contributed by atoms with Gasteiger partial charge in [0.05, 0.1) is 19.8 Å². The Labute approximate surface area is 194 Å². The number of amides is 1. The molecule has 0 saturated carbocycles. The monoisotopic (exact) mass is 454 g/mol. The molecule has 0 radical (unpaired) electrons. The number of halogens is 1. The van der Waals surface area contributed by atoms with E-state index in [1.165, 1.54) is 19.2 Å². The number of hydrogen-bond donors (Lipinski definition) is 1. The molecule has 4 heterocycles. The summed E-state index contributed by atoms with van der Waals surface area (Å²) in [5.74, 6) is 1.27. The van der Waals surface area contributed by atoms with Gasteiger partial charge in [-0.25, -0.2) is 9.18 Å². The number of piperidine rings is 3. The Balaban J connectivity index is 1.37. The second-order valence-electron chi connectivity index (χ2n) is 10.0.